The summed E-state index contributed by atoms with van der Waals surface area (Å²) in [6.45, 7) is 2.13. The third-order valence-corrected chi connectivity index (χ3v) is 4.22. The highest BCUT2D eigenvalue weighted by Gasteiger charge is 2.42. The van der Waals surface area contributed by atoms with Crippen LogP contribution in [0.5, 0.6) is 0 Å². The first-order valence-corrected chi connectivity index (χ1v) is 6.75. The summed E-state index contributed by atoms with van der Waals surface area (Å²) in [6.07, 6.45) is 2.18. The minimum atomic E-state index is -0.105. The molecule has 0 amide bonds. The Morgan fingerprint density at radius 2 is 1.94 bits per heavy atom. The highest BCUT2D eigenvalue weighted by Crippen LogP contribution is 2.46. The molecule has 1 aromatic carbocycles. The molecule has 3 nitrogen and oxygen atoms in total. The van der Waals surface area contributed by atoms with E-state index in [-0.39, 0.29) is 11.0 Å². The van der Waals surface area contributed by atoms with E-state index in [1.54, 1.807) is 0 Å². The number of H-pyrrole nitrogens is 1. The van der Waals surface area contributed by atoms with Crippen molar-refractivity contribution < 1.29 is 0 Å². The predicted octanol–water partition coefficient (Wildman–Crippen LogP) is 3.25. The van der Waals surface area contributed by atoms with Gasteiger partial charge in [-0.15, -0.1) is 0 Å². The van der Waals surface area contributed by atoms with Crippen molar-refractivity contribution in [3.8, 4) is 11.3 Å². The van der Waals surface area contributed by atoms with E-state index >= 15 is 0 Å². The maximum atomic E-state index is 12.0. The van der Waals surface area contributed by atoms with Gasteiger partial charge in [0.2, 0.25) is 0 Å². The molecule has 0 bridgehead atoms. The molecular formula is C14H13BrN2O. The van der Waals surface area contributed by atoms with Crippen molar-refractivity contribution in [3.05, 3.63) is 51.0 Å². The lowest BCUT2D eigenvalue weighted by atomic mass is 10.1. The molecule has 18 heavy (non-hydrogen) atoms. The number of benzene rings is 1. The number of rotatable bonds is 2. The van der Waals surface area contributed by atoms with Gasteiger partial charge in [0.1, 0.15) is 10.3 Å². The highest BCUT2D eigenvalue weighted by molar-refractivity contribution is 9.10. The van der Waals surface area contributed by atoms with E-state index in [0.29, 0.717) is 4.47 Å². The first-order chi connectivity index (χ1) is 8.60. The van der Waals surface area contributed by atoms with Gasteiger partial charge in [-0.3, -0.25) is 4.79 Å². The molecule has 4 heteroatoms. The number of hydrogen-bond donors (Lipinski definition) is 1. The van der Waals surface area contributed by atoms with Crippen LogP contribution < -0.4 is 5.56 Å². The molecule has 92 valence electrons. The number of halogens is 1. The van der Waals surface area contributed by atoms with Crippen LogP contribution >= 0.6 is 15.9 Å². The predicted molar refractivity (Wildman–Crippen MR) is 74.6 cm³/mol. The van der Waals surface area contributed by atoms with Crippen LogP contribution in [0.1, 0.15) is 25.6 Å². The second-order valence-electron chi connectivity index (χ2n) is 5.00. The van der Waals surface area contributed by atoms with Crippen LogP contribution in [0.2, 0.25) is 0 Å². The zero-order valence-electron chi connectivity index (χ0n) is 10.0. The monoisotopic (exact) mass is 304 g/mol. The zero-order valence-corrected chi connectivity index (χ0v) is 11.6. The molecule has 0 atom stereocenters. The van der Waals surface area contributed by atoms with Gasteiger partial charge in [-0.1, -0.05) is 37.3 Å². The fourth-order valence-corrected chi connectivity index (χ4v) is 2.37. The largest absolute Gasteiger partial charge is 0.309 e. The molecular weight excluding hydrogens is 292 g/mol. The van der Waals surface area contributed by atoms with Crippen LogP contribution in [0.25, 0.3) is 11.3 Å². The van der Waals surface area contributed by atoms with Gasteiger partial charge in [0.05, 0.1) is 5.69 Å². The third kappa shape index (κ3) is 1.90. The van der Waals surface area contributed by atoms with E-state index in [4.69, 9.17) is 0 Å². The summed E-state index contributed by atoms with van der Waals surface area (Å²) in [5.74, 6) is 0.801. The fourth-order valence-electron chi connectivity index (χ4n) is 1.96. The molecule has 1 aliphatic rings. The minimum absolute atomic E-state index is 0.0589. The molecule has 0 spiro atoms. The number of hydrogen-bond acceptors (Lipinski definition) is 2. The van der Waals surface area contributed by atoms with Gasteiger partial charge in [0.25, 0.3) is 5.56 Å². The molecule has 1 heterocycles. The lowest BCUT2D eigenvalue weighted by molar-refractivity contribution is 0.703. The summed E-state index contributed by atoms with van der Waals surface area (Å²) in [7, 11) is 0. The van der Waals surface area contributed by atoms with Crippen molar-refractivity contribution in [2.24, 2.45) is 0 Å². The summed E-state index contributed by atoms with van der Waals surface area (Å²) >= 11 is 3.33. The molecule has 1 fully saturated rings. The van der Waals surface area contributed by atoms with Crippen molar-refractivity contribution in [3.63, 3.8) is 0 Å². The van der Waals surface area contributed by atoms with Crippen molar-refractivity contribution in [1.82, 2.24) is 9.97 Å². The van der Waals surface area contributed by atoms with E-state index in [0.717, 1.165) is 29.9 Å². The minimum Gasteiger partial charge on any atom is -0.309 e. The Hall–Kier alpha value is -1.42. The van der Waals surface area contributed by atoms with Crippen LogP contribution in [0, 0.1) is 0 Å². The second-order valence-corrected chi connectivity index (χ2v) is 5.80. The number of aromatic nitrogens is 2. The van der Waals surface area contributed by atoms with Crippen molar-refractivity contribution in [2.45, 2.75) is 25.2 Å². The topological polar surface area (TPSA) is 45.8 Å². The zero-order chi connectivity index (χ0) is 12.8. The first-order valence-electron chi connectivity index (χ1n) is 5.96. The standard InChI is InChI=1S/C14H13BrN2O/c1-14(7-8-14)13-16-11(10(15)12(18)17-13)9-5-3-2-4-6-9/h2-6H,7-8H2,1H3,(H,16,17,18). The normalized spacial score (nSPS) is 16.6. The van der Waals surface area contributed by atoms with Gasteiger partial charge in [0, 0.05) is 11.0 Å². The lowest BCUT2D eigenvalue weighted by Gasteiger charge is -2.11. The first kappa shape index (κ1) is 11.7. The molecule has 3 rings (SSSR count). The van der Waals surface area contributed by atoms with E-state index in [2.05, 4.69) is 32.8 Å². The van der Waals surface area contributed by atoms with Crippen molar-refractivity contribution in [2.75, 3.05) is 0 Å². The van der Waals surface area contributed by atoms with Gasteiger partial charge in [-0.05, 0) is 28.8 Å². The molecule has 1 aromatic heterocycles. The fraction of sp³-hybridized carbons (Fsp3) is 0.286. The smallest absolute Gasteiger partial charge is 0.265 e. The number of aromatic amines is 1. The van der Waals surface area contributed by atoms with E-state index in [9.17, 15) is 4.79 Å². The molecule has 2 aromatic rings. The molecule has 1 saturated carbocycles. The Morgan fingerprint density at radius 3 is 2.56 bits per heavy atom. The van der Waals surface area contributed by atoms with Crippen molar-refractivity contribution >= 4 is 15.9 Å². The Kier molecular flexibility index (Phi) is 2.63. The van der Waals surface area contributed by atoms with Crippen LogP contribution in [-0.4, -0.2) is 9.97 Å². The van der Waals surface area contributed by atoms with Gasteiger partial charge in [-0.25, -0.2) is 4.98 Å². The third-order valence-electron chi connectivity index (χ3n) is 3.48. The van der Waals surface area contributed by atoms with Crippen molar-refractivity contribution in [1.29, 1.82) is 0 Å². The van der Waals surface area contributed by atoms with Crippen LogP contribution in [0.15, 0.2) is 39.6 Å². The van der Waals surface area contributed by atoms with Gasteiger partial charge < -0.3 is 4.98 Å². The quantitative estimate of drug-likeness (QED) is 0.925. The average Bonchev–Trinajstić information content (AvgIpc) is 3.13. The molecule has 0 unspecified atom stereocenters. The Labute approximate surface area is 113 Å². The summed E-state index contributed by atoms with van der Waals surface area (Å²) in [4.78, 5) is 19.5. The van der Waals surface area contributed by atoms with E-state index in [1.165, 1.54) is 0 Å². The lowest BCUT2D eigenvalue weighted by Crippen LogP contribution is -2.18. The Bertz CT molecular complexity index is 645. The molecule has 0 saturated heterocycles. The highest BCUT2D eigenvalue weighted by atomic mass is 79.9. The summed E-state index contributed by atoms with van der Waals surface area (Å²) in [6, 6.07) is 9.77. The number of nitrogens with zero attached hydrogens (tertiary/aromatic N) is 1. The SMILES string of the molecule is CC1(c2nc(-c3ccccc3)c(Br)c(=O)[nH]2)CC1. The maximum Gasteiger partial charge on any atom is 0.265 e. The number of nitrogens with one attached hydrogen (secondary N) is 1. The van der Waals surface area contributed by atoms with Gasteiger partial charge in [0.15, 0.2) is 0 Å². The molecule has 1 aliphatic carbocycles. The summed E-state index contributed by atoms with van der Waals surface area (Å²) in [5, 5.41) is 0. The maximum absolute atomic E-state index is 12.0. The van der Waals surface area contributed by atoms with Gasteiger partial charge >= 0.3 is 0 Å². The Balaban J connectivity index is 2.20. The van der Waals surface area contributed by atoms with Crippen LogP contribution in [-0.2, 0) is 5.41 Å². The van der Waals surface area contributed by atoms with Crippen LogP contribution in [0.3, 0.4) is 0 Å². The van der Waals surface area contributed by atoms with E-state index in [1.807, 2.05) is 30.3 Å². The molecule has 1 N–H and O–H groups in total. The summed E-state index contributed by atoms with van der Waals surface area (Å²) in [5.41, 5.74) is 1.64. The molecule has 0 radical (unpaired) electrons. The molecule has 0 aliphatic heterocycles. The van der Waals surface area contributed by atoms with E-state index < -0.39 is 0 Å². The Morgan fingerprint density at radius 1 is 1.28 bits per heavy atom. The average molecular weight is 305 g/mol. The van der Waals surface area contributed by atoms with Gasteiger partial charge in [-0.2, -0.15) is 0 Å². The van der Waals surface area contributed by atoms with Crippen LogP contribution in [0.4, 0.5) is 0 Å². The second kappa shape index (κ2) is 4.05. The summed E-state index contributed by atoms with van der Waals surface area (Å²) < 4.78 is 0.502.